The third kappa shape index (κ3) is 4.17. The molecular weight excluding hydrogens is 474 g/mol. The fourth-order valence-electron chi connectivity index (χ4n) is 5.73. The van der Waals surface area contributed by atoms with E-state index in [-0.39, 0.29) is 12.1 Å². The average molecular weight is 504 g/mol. The Balaban J connectivity index is 1.53. The normalized spacial score (nSPS) is 24.0. The first-order valence-corrected chi connectivity index (χ1v) is 12.4. The van der Waals surface area contributed by atoms with Gasteiger partial charge in [-0.25, -0.2) is 4.79 Å². The Kier molecular flexibility index (Phi) is 6.28. The van der Waals surface area contributed by atoms with Crippen molar-refractivity contribution >= 4 is 35.3 Å². The second kappa shape index (κ2) is 9.44. The molecule has 3 aliphatic rings. The summed E-state index contributed by atoms with van der Waals surface area (Å²) in [7, 11) is 0. The van der Waals surface area contributed by atoms with Gasteiger partial charge >= 0.3 is 6.03 Å². The topological polar surface area (TPSA) is 116 Å². The van der Waals surface area contributed by atoms with Crippen LogP contribution in [0.25, 0.3) is 6.08 Å². The molecule has 5 rings (SSSR count). The minimum Gasteiger partial charge on any atom is -0.364 e. The van der Waals surface area contributed by atoms with E-state index >= 15 is 0 Å². The third-order valence-corrected chi connectivity index (χ3v) is 7.52. The summed E-state index contributed by atoms with van der Waals surface area (Å²) in [6.45, 7) is 5.72. The maximum absolute atomic E-state index is 14.0. The fraction of sp³-hybridized carbons (Fsp3) is 0.370. The molecule has 2 atom stereocenters. The number of nitrogens with one attached hydrogen (secondary N) is 1. The molecule has 2 aromatic rings. The molecule has 0 bridgehead atoms. The molecule has 0 aliphatic carbocycles. The van der Waals surface area contributed by atoms with Gasteiger partial charge in [0.15, 0.2) is 5.41 Å². The number of imide groups is 2. The number of anilines is 1. The van der Waals surface area contributed by atoms with Crippen LogP contribution in [-0.2, 0) is 16.0 Å². The van der Waals surface area contributed by atoms with Crippen molar-refractivity contribution in [3.05, 3.63) is 75.8 Å². The molecule has 4 amide bonds. The highest BCUT2D eigenvalue weighted by molar-refractivity contribution is 6.20. The van der Waals surface area contributed by atoms with E-state index in [2.05, 4.69) is 16.3 Å². The van der Waals surface area contributed by atoms with Gasteiger partial charge in [0, 0.05) is 56.5 Å². The van der Waals surface area contributed by atoms with Crippen LogP contribution < -0.4 is 10.2 Å². The van der Waals surface area contributed by atoms with Crippen molar-refractivity contribution in [1.82, 2.24) is 15.1 Å². The summed E-state index contributed by atoms with van der Waals surface area (Å²) in [6, 6.07) is 12.8. The molecule has 10 heteroatoms. The molecule has 0 aromatic heterocycles. The molecule has 2 fully saturated rings. The molecule has 0 radical (unpaired) electrons. The number of carbonyl (C=O) groups is 3. The summed E-state index contributed by atoms with van der Waals surface area (Å²) in [6.07, 6.45) is 4.08. The van der Waals surface area contributed by atoms with Crippen molar-refractivity contribution < 1.29 is 19.3 Å². The van der Waals surface area contributed by atoms with E-state index in [4.69, 9.17) is 0 Å². The van der Waals surface area contributed by atoms with Crippen molar-refractivity contribution in [2.45, 2.75) is 32.4 Å². The highest BCUT2D eigenvalue weighted by atomic mass is 16.6. The number of carbonyl (C=O) groups excluding carboxylic acids is 3. The Morgan fingerprint density at radius 3 is 2.59 bits per heavy atom. The number of nitro groups is 1. The van der Waals surface area contributed by atoms with Crippen LogP contribution in [0.4, 0.5) is 16.2 Å². The Morgan fingerprint density at radius 2 is 1.89 bits per heavy atom. The minimum absolute atomic E-state index is 0.0138. The minimum atomic E-state index is -1.58. The lowest BCUT2D eigenvalue weighted by molar-refractivity contribution is -0.384. The predicted molar refractivity (Wildman–Crippen MR) is 138 cm³/mol. The third-order valence-electron chi connectivity index (χ3n) is 7.52. The number of nitro benzene ring substituents is 1. The maximum Gasteiger partial charge on any atom is 0.331 e. The lowest BCUT2D eigenvalue weighted by Crippen LogP contribution is -2.75. The van der Waals surface area contributed by atoms with Crippen LogP contribution in [0.5, 0.6) is 0 Å². The largest absolute Gasteiger partial charge is 0.364 e. The zero-order valence-corrected chi connectivity index (χ0v) is 20.8. The molecule has 0 saturated carbocycles. The summed E-state index contributed by atoms with van der Waals surface area (Å²) >= 11 is 0. The molecule has 1 N–H and O–H groups in total. The number of hydrogen-bond acceptors (Lipinski definition) is 7. The zero-order valence-electron chi connectivity index (χ0n) is 20.8. The van der Waals surface area contributed by atoms with Gasteiger partial charge in [0.1, 0.15) is 0 Å². The second-order valence-electron chi connectivity index (χ2n) is 10.0. The summed E-state index contributed by atoms with van der Waals surface area (Å²) in [5.41, 5.74) is 0.748. The number of piperazine rings is 1. The molecule has 10 nitrogen and oxygen atoms in total. The lowest BCUT2D eigenvalue weighted by Gasteiger charge is -2.55. The van der Waals surface area contributed by atoms with Crippen LogP contribution in [-0.4, -0.2) is 70.8 Å². The van der Waals surface area contributed by atoms with Crippen molar-refractivity contribution in [3.8, 4) is 0 Å². The number of amides is 4. The Bertz CT molecular complexity index is 1290. The van der Waals surface area contributed by atoms with E-state index in [0.29, 0.717) is 31.7 Å². The smallest absolute Gasteiger partial charge is 0.331 e. The molecule has 3 heterocycles. The van der Waals surface area contributed by atoms with Crippen molar-refractivity contribution in [1.29, 1.82) is 0 Å². The molecule has 0 unspecified atom stereocenters. The first-order valence-electron chi connectivity index (χ1n) is 12.4. The lowest BCUT2D eigenvalue weighted by atomic mass is 9.67. The van der Waals surface area contributed by atoms with E-state index in [1.807, 2.05) is 41.3 Å². The molecule has 1 spiro atoms. The van der Waals surface area contributed by atoms with Gasteiger partial charge < -0.3 is 4.90 Å². The molecule has 37 heavy (non-hydrogen) atoms. The van der Waals surface area contributed by atoms with E-state index in [1.165, 1.54) is 12.1 Å². The number of rotatable bonds is 5. The number of fused-ring (bicyclic) bond motifs is 4. The Hall–Kier alpha value is -4.05. The fourth-order valence-corrected chi connectivity index (χ4v) is 5.73. The van der Waals surface area contributed by atoms with E-state index in [1.54, 1.807) is 19.9 Å². The van der Waals surface area contributed by atoms with Crippen molar-refractivity contribution in [2.24, 2.45) is 5.41 Å². The molecular formula is C27H29N5O5. The molecule has 192 valence electrons. The zero-order chi connectivity index (χ0) is 26.3. The number of non-ortho nitro benzene ring substituents is 1. The highest BCUT2D eigenvalue weighted by Gasteiger charge is 2.63. The van der Waals surface area contributed by atoms with Crippen molar-refractivity contribution in [3.63, 3.8) is 0 Å². The number of hydrogen-bond donors (Lipinski definition) is 1. The van der Waals surface area contributed by atoms with E-state index in [9.17, 15) is 24.5 Å². The number of barbiturate groups is 1. The first kappa shape index (κ1) is 24.6. The standard InChI is InChI=1S/C27H29N5O5/c1-18(2)31-25(34)27(24(33)28-26(31)35)16-20-15-21(32(36)37)10-11-22(20)30-14-13-29(17-23(27)30)12-6-9-19-7-4-3-5-8-19/h3-11,15,18,23H,12-14,16-17H2,1-2H3,(H,28,33,35)/b9-6+/t23-,27+/m1/s1. The predicted octanol–water partition coefficient (Wildman–Crippen LogP) is 2.83. The van der Waals surface area contributed by atoms with Gasteiger partial charge in [-0.2, -0.15) is 0 Å². The van der Waals surface area contributed by atoms with E-state index < -0.39 is 40.3 Å². The van der Waals surface area contributed by atoms with Gasteiger partial charge in [0.05, 0.1) is 11.0 Å². The van der Waals surface area contributed by atoms with E-state index in [0.717, 1.165) is 16.2 Å². The van der Waals surface area contributed by atoms with Crippen LogP contribution in [0.3, 0.4) is 0 Å². The van der Waals surface area contributed by atoms with Crippen LogP contribution in [0, 0.1) is 15.5 Å². The number of nitrogens with zero attached hydrogens (tertiary/aromatic N) is 4. The van der Waals surface area contributed by atoms with Gasteiger partial charge in [0.25, 0.3) is 5.69 Å². The number of urea groups is 1. The Morgan fingerprint density at radius 1 is 1.14 bits per heavy atom. The summed E-state index contributed by atoms with van der Waals surface area (Å²) < 4.78 is 0. The van der Waals surface area contributed by atoms with Crippen LogP contribution in [0.2, 0.25) is 0 Å². The maximum atomic E-state index is 14.0. The van der Waals surface area contributed by atoms with Gasteiger partial charge in [0.2, 0.25) is 11.8 Å². The monoisotopic (exact) mass is 503 g/mol. The average Bonchev–Trinajstić information content (AvgIpc) is 2.87. The van der Waals surface area contributed by atoms with Gasteiger partial charge in [-0.05, 0) is 31.0 Å². The molecule has 2 saturated heterocycles. The SMILES string of the molecule is CC(C)N1C(=O)NC(=O)[C@@]2(Cc3cc([N+](=O)[O-])ccc3N3CCN(C/C=C/c4ccccc4)C[C@@H]32)C1=O. The van der Waals surface area contributed by atoms with Gasteiger partial charge in [-0.3, -0.25) is 34.8 Å². The van der Waals surface area contributed by atoms with Crippen LogP contribution in [0.15, 0.2) is 54.6 Å². The summed E-state index contributed by atoms with van der Waals surface area (Å²) in [5.74, 6) is -1.20. The summed E-state index contributed by atoms with van der Waals surface area (Å²) in [4.78, 5) is 56.5. The number of benzene rings is 2. The Labute approximate surface area is 214 Å². The quantitative estimate of drug-likeness (QED) is 0.379. The summed E-state index contributed by atoms with van der Waals surface area (Å²) in [5, 5.41) is 13.9. The second-order valence-corrected chi connectivity index (χ2v) is 10.0. The highest BCUT2D eigenvalue weighted by Crippen LogP contribution is 2.46. The van der Waals surface area contributed by atoms with Gasteiger partial charge in [-0.15, -0.1) is 0 Å². The molecule has 3 aliphatic heterocycles. The van der Waals surface area contributed by atoms with Gasteiger partial charge in [-0.1, -0.05) is 42.5 Å². The first-order chi connectivity index (χ1) is 17.7. The van der Waals surface area contributed by atoms with Crippen LogP contribution >= 0.6 is 0 Å². The van der Waals surface area contributed by atoms with Crippen LogP contribution in [0.1, 0.15) is 25.0 Å². The van der Waals surface area contributed by atoms with Crippen molar-refractivity contribution in [2.75, 3.05) is 31.1 Å². The molecule has 2 aromatic carbocycles.